The topological polar surface area (TPSA) is 114 Å². The Morgan fingerprint density at radius 3 is 2.91 bits per heavy atom. The van der Waals surface area contributed by atoms with E-state index in [9.17, 15) is 0 Å². The van der Waals surface area contributed by atoms with Crippen LogP contribution in [0.25, 0.3) is 16.7 Å². The Morgan fingerprint density at radius 1 is 1.06 bits per heavy atom. The van der Waals surface area contributed by atoms with E-state index in [0.29, 0.717) is 17.6 Å². The second kappa shape index (κ2) is 9.15. The lowest BCUT2D eigenvalue weighted by atomic mass is 10.1. The molecule has 1 aliphatic rings. The molecule has 10 heteroatoms. The summed E-state index contributed by atoms with van der Waals surface area (Å²) < 4.78 is 7.78. The molecule has 0 radical (unpaired) electrons. The van der Waals surface area contributed by atoms with Crippen molar-refractivity contribution in [2.75, 3.05) is 23.7 Å². The minimum atomic E-state index is 0.371. The van der Waals surface area contributed by atoms with Gasteiger partial charge in [0.2, 0.25) is 0 Å². The predicted octanol–water partition coefficient (Wildman–Crippen LogP) is 4.08. The molecule has 0 bridgehead atoms. The zero-order chi connectivity index (χ0) is 23.6. The van der Waals surface area contributed by atoms with E-state index in [2.05, 4.69) is 36.0 Å². The Kier molecular flexibility index (Phi) is 5.55. The number of aryl methyl sites for hydroxylation is 1. The van der Waals surface area contributed by atoms with E-state index in [1.165, 1.54) is 6.33 Å². The van der Waals surface area contributed by atoms with E-state index in [-0.39, 0.29) is 0 Å². The molecule has 3 N–H and O–H groups in total. The highest BCUT2D eigenvalue weighted by Gasteiger charge is 2.14. The smallest absolute Gasteiger partial charge is 0.160 e. The molecule has 35 heavy (non-hydrogen) atoms. The second-order valence-corrected chi connectivity index (χ2v) is 8.61. The van der Waals surface area contributed by atoms with E-state index in [1.807, 2.05) is 55.6 Å². The van der Waals surface area contributed by atoms with E-state index in [0.717, 1.165) is 65.4 Å². The molecule has 10 nitrogen and oxygen atoms in total. The number of nitrogens with one attached hydrogen (secondary N) is 3. The molecule has 0 amide bonds. The van der Waals surface area contributed by atoms with Gasteiger partial charge in [-0.15, -0.1) is 0 Å². The molecule has 0 saturated carbocycles. The SMILES string of the molecule is Cc1cc(Nc2ncnc3ccc(N[C@@H]4CCCNC4)nc23)ccc1Oc1ccn2ncnc2c1. The van der Waals surface area contributed by atoms with E-state index < -0.39 is 0 Å². The van der Waals surface area contributed by atoms with E-state index in [4.69, 9.17) is 9.72 Å². The van der Waals surface area contributed by atoms with Crippen LogP contribution in [0.4, 0.5) is 17.3 Å². The number of ether oxygens (including phenoxy) is 1. The molecule has 1 fully saturated rings. The molecule has 1 aromatic carbocycles. The maximum absolute atomic E-state index is 6.09. The van der Waals surface area contributed by atoms with Gasteiger partial charge in [-0.3, -0.25) is 0 Å². The minimum absolute atomic E-state index is 0.371. The van der Waals surface area contributed by atoms with Crippen molar-refractivity contribution in [3.63, 3.8) is 0 Å². The fourth-order valence-corrected chi connectivity index (χ4v) is 4.26. The first-order valence-corrected chi connectivity index (χ1v) is 11.7. The van der Waals surface area contributed by atoms with Crippen LogP contribution in [0, 0.1) is 6.92 Å². The molecule has 0 aliphatic carbocycles. The molecule has 1 saturated heterocycles. The minimum Gasteiger partial charge on any atom is -0.457 e. The fourth-order valence-electron chi connectivity index (χ4n) is 4.26. The zero-order valence-corrected chi connectivity index (χ0v) is 19.3. The van der Waals surface area contributed by atoms with Gasteiger partial charge < -0.3 is 20.7 Å². The Hall–Kier alpha value is -4.31. The number of aromatic nitrogens is 6. The third-order valence-corrected chi connectivity index (χ3v) is 6.05. The van der Waals surface area contributed by atoms with Crippen LogP contribution < -0.4 is 20.7 Å². The summed E-state index contributed by atoms with van der Waals surface area (Å²) >= 11 is 0. The first kappa shape index (κ1) is 21.2. The van der Waals surface area contributed by atoms with Gasteiger partial charge in [0.15, 0.2) is 11.5 Å². The molecule has 176 valence electrons. The maximum Gasteiger partial charge on any atom is 0.160 e. The summed E-state index contributed by atoms with van der Waals surface area (Å²) in [6.07, 6.45) is 7.18. The summed E-state index contributed by atoms with van der Waals surface area (Å²) in [6.45, 7) is 4.02. The summed E-state index contributed by atoms with van der Waals surface area (Å²) in [4.78, 5) is 17.9. The van der Waals surface area contributed by atoms with Crippen LogP contribution in [-0.2, 0) is 0 Å². The third kappa shape index (κ3) is 4.56. The third-order valence-electron chi connectivity index (χ3n) is 6.05. The van der Waals surface area contributed by atoms with Gasteiger partial charge in [-0.05, 0) is 68.3 Å². The molecule has 1 aliphatic heterocycles. The Bertz CT molecular complexity index is 1490. The van der Waals surface area contributed by atoms with Crippen molar-refractivity contribution in [2.45, 2.75) is 25.8 Å². The van der Waals surface area contributed by atoms with Crippen molar-refractivity contribution in [1.82, 2.24) is 34.9 Å². The first-order chi connectivity index (χ1) is 17.2. The van der Waals surface area contributed by atoms with Crippen molar-refractivity contribution in [1.29, 1.82) is 0 Å². The molecule has 5 heterocycles. The average molecular weight is 468 g/mol. The first-order valence-electron chi connectivity index (χ1n) is 11.7. The van der Waals surface area contributed by atoms with Crippen molar-refractivity contribution in [2.24, 2.45) is 0 Å². The number of rotatable bonds is 6. The number of nitrogens with zero attached hydrogens (tertiary/aromatic N) is 6. The number of anilines is 3. The van der Waals surface area contributed by atoms with Crippen molar-refractivity contribution in [3.8, 4) is 11.5 Å². The van der Waals surface area contributed by atoms with Gasteiger partial charge in [0, 0.05) is 30.5 Å². The summed E-state index contributed by atoms with van der Waals surface area (Å²) in [5, 5.41) is 14.5. The molecular formula is C25H25N9O. The number of fused-ring (bicyclic) bond motifs is 2. The highest BCUT2D eigenvalue weighted by atomic mass is 16.5. The standard InChI is InChI=1S/C25H25N9O/c1-16-11-17(4-6-21(16)35-19-8-10-34-23(12-19)28-15-30-34)32-25-24-20(27-14-29-25)5-7-22(33-24)31-18-3-2-9-26-13-18/h4-8,10-12,14-15,18,26H,2-3,9,13H2,1H3,(H,31,33)(H,27,29,32)/t18-/m1/s1. The van der Waals surface area contributed by atoms with Gasteiger partial charge in [-0.25, -0.2) is 24.5 Å². The highest BCUT2D eigenvalue weighted by molar-refractivity contribution is 5.88. The number of hydrogen-bond donors (Lipinski definition) is 3. The molecule has 6 rings (SSSR count). The lowest BCUT2D eigenvalue weighted by Gasteiger charge is -2.24. The molecule has 5 aromatic rings. The van der Waals surface area contributed by atoms with Gasteiger partial charge in [0.25, 0.3) is 0 Å². The lowest BCUT2D eigenvalue weighted by Crippen LogP contribution is -2.38. The van der Waals surface area contributed by atoms with Crippen LogP contribution in [0.15, 0.2) is 61.3 Å². The summed E-state index contributed by atoms with van der Waals surface area (Å²) in [6, 6.07) is 14.0. The molecule has 0 spiro atoms. The zero-order valence-electron chi connectivity index (χ0n) is 19.3. The Morgan fingerprint density at radius 2 is 2.03 bits per heavy atom. The lowest BCUT2D eigenvalue weighted by molar-refractivity contribution is 0.478. The maximum atomic E-state index is 6.09. The summed E-state index contributed by atoms with van der Waals surface area (Å²) in [7, 11) is 0. The Labute approximate surface area is 201 Å². The van der Waals surface area contributed by atoms with Crippen LogP contribution in [-0.4, -0.2) is 48.7 Å². The van der Waals surface area contributed by atoms with Crippen LogP contribution in [0.1, 0.15) is 18.4 Å². The fraction of sp³-hybridized carbons (Fsp3) is 0.240. The van der Waals surface area contributed by atoms with Gasteiger partial charge >= 0.3 is 0 Å². The van der Waals surface area contributed by atoms with Crippen molar-refractivity contribution in [3.05, 3.63) is 66.9 Å². The predicted molar refractivity (Wildman–Crippen MR) is 134 cm³/mol. The van der Waals surface area contributed by atoms with Crippen LogP contribution >= 0.6 is 0 Å². The van der Waals surface area contributed by atoms with Gasteiger partial charge in [0.05, 0.1) is 5.52 Å². The van der Waals surface area contributed by atoms with E-state index >= 15 is 0 Å². The Balaban J connectivity index is 1.22. The van der Waals surface area contributed by atoms with E-state index in [1.54, 1.807) is 10.8 Å². The number of pyridine rings is 2. The molecule has 4 aromatic heterocycles. The van der Waals surface area contributed by atoms with Gasteiger partial charge in [-0.2, -0.15) is 5.10 Å². The average Bonchev–Trinajstić information content (AvgIpc) is 3.35. The van der Waals surface area contributed by atoms with Crippen LogP contribution in [0.2, 0.25) is 0 Å². The number of hydrogen-bond acceptors (Lipinski definition) is 9. The van der Waals surface area contributed by atoms with Gasteiger partial charge in [0.1, 0.15) is 35.5 Å². The molecular weight excluding hydrogens is 442 g/mol. The summed E-state index contributed by atoms with van der Waals surface area (Å²) in [5.41, 5.74) is 4.11. The number of piperidine rings is 1. The largest absolute Gasteiger partial charge is 0.457 e. The highest BCUT2D eigenvalue weighted by Crippen LogP contribution is 2.30. The normalized spacial score (nSPS) is 15.9. The monoisotopic (exact) mass is 467 g/mol. The molecule has 0 unspecified atom stereocenters. The van der Waals surface area contributed by atoms with Crippen LogP contribution in [0.5, 0.6) is 11.5 Å². The second-order valence-electron chi connectivity index (χ2n) is 8.61. The quantitative estimate of drug-likeness (QED) is 0.340. The van der Waals surface area contributed by atoms with Crippen molar-refractivity contribution >= 4 is 34.0 Å². The van der Waals surface area contributed by atoms with Crippen molar-refractivity contribution < 1.29 is 4.74 Å². The number of benzene rings is 1. The van der Waals surface area contributed by atoms with Gasteiger partial charge in [-0.1, -0.05) is 0 Å². The summed E-state index contributed by atoms with van der Waals surface area (Å²) in [5.74, 6) is 2.95. The van der Waals surface area contributed by atoms with Crippen LogP contribution in [0.3, 0.4) is 0 Å². The molecule has 1 atom stereocenters.